The average Bonchev–Trinajstić information content (AvgIpc) is 2.68. The molecule has 2 heterocycles. The lowest BCUT2D eigenvalue weighted by Gasteiger charge is -2.20. The molecule has 2 aromatic carbocycles. The van der Waals surface area contributed by atoms with Crippen molar-refractivity contribution in [3.8, 4) is 22.8 Å². The van der Waals surface area contributed by atoms with Crippen LogP contribution < -0.4 is 9.95 Å². The molecule has 3 aromatic rings. The van der Waals surface area contributed by atoms with Crippen LogP contribution >= 0.6 is 20.2 Å². The second-order valence-corrected chi connectivity index (χ2v) is 8.07. The van der Waals surface area contributed by atoms with Crippen LogP contribution in [0.5, 0.6) is 11.5 Å². The van der Waals surface area contributed by atoms with Gasteiger partial charge in [-0.3, -0.25) is 4.79 Å². The highest BCUT2D eigenvalue weighted by atomic mass is 35.5. The summed E-state index contributed by atoms with van der Waals surface area (Å²) in [5.74, 6) is -0.195. The fraction of sp³-hybridized carbons (Fsp3) is 0.286. The molecule has 1 aliphatic rings. The van der Waals surface area contributed by atoms with Crippen molar-refractivity contribution >= 4 is 31.2 Å². The quantitative estimate of drug-likeness (QED) is 0.503. The number of nitrogens with zero attached hydrogens (tertiary/aromatic N) is 1. The standard InChI is InChI=1S/C15H10ClO6P.C6H13N/c16-10-4-2-1-3-9(10)13-7-12(18)15-11(17)5-8(22-23(19)20)6-14(15)21-13;1-7-5-3-2-4-6-7/h1-7,17,19-20H;2-6H2,1H3. The molecule has 160 valence electrons. The predicted octanol–water partition coefficient (Wildman–Crippen LogP) is 4.51. The fourth-order valence-corrected chi connectivity index (χ4v) is 3.76. The molecule has 1 saturated heterocycles. The molecule has 30 heavy (non-hydrogen) atoms. The molecular formula is C21H23ClNO6P. The highest BCUT2D eigenvalue weighted by molar-refractivity contribution is 7.39. The summed E-state index contributed by atoms with van der Waals surface area (Å²) in [5.41, 5.74) is 0.102. The first-order chi connectivity index (χ1) is 14.3. The van der Waals surface area contributed by atoms with Crippen molar-refractivity contribution in [2.24, 2.45) is 0 Å². The van der Waals surface area contributed by atoms with E-state index in [4.69, 9.17) is 30.3 Å². The van der Waals surface area contributed by atoms with E-state index in [0.29, 0.717) is 10.6 Å². The molecule has 0 radical (unpaired) electrons. The molecule has 0 atom stereocenters. The van der Waals surface area contributed by atoms with Crippen LogP contribution in [-0.2, 0) is 0 Å². The Morgan fingerprint density at radius 1 is 1.10 bits per heavy atom. The van der Waals surface area contributed by atoms with Crippen LogP contribution in [0.1, 0.15) is 19.3 Å². The van der Waals surface area contributed by atoms with E-state index in [2.05, 4.69) is 11.9 Å². The Hall–Kier alpha value is -2.15. The smallest absolute Gasteiger partial charge is 0.391 e. The first-order valence-corrected chi connectivity index (χ1v) is 11.0. The molecule has 4 rings (SSSR count). The molecule has 1 aliphatic heterocycles. The summed E-state index contributed by atoms with van der Waals surface area (Å²) in [4.78, 5) is 32.4. The third kappa shape index (κ3) is 5.72. The van der Waals surface area contributed by atoms with Crippen molar-refractivity contribution in [1.82, 2.24) is 4.90 Å². The van der Waals surface area contributed by atoms with E-state index < -0.39 is 14.0 Å². The molecule has 3 N–H and O–H groups in total. The highest BCUT2D eigenvalue weighted by Gasteiger charge is 2.15. The lowest BCUT2D eigenvalue weighted by molar-refractivity contribution is 0.277. The van der Waals surface area contributed by atoms with Gasteiger partial charge in [0.25, 0.3) is 0 Å². The maximum atomic E-state index is 12.2. The van der Waals surface area contributed by atoms with Crippen molar-refractivity contribution in [3.05, 3.63) is 57.7 Å². The molecule has 0 bridgehead atoms. The largest absolute Gasteiger partial charge is 0.507 e. The van der Waals surface area contributed by atoms with Crippen LogP contribution in [0.15, 0.2) is 51.7 Å². The van der Waals surface area contributed by atoms with E-state index in [1.54, 1.807) is 24.3 Å². The number of likely N-dealkylation sites (tertiary alicyclic amines) is 1. The van der Waals surface area contributed by atoms with Gasteiger partial charge >= 0.3 is 8.60 Å². The predicted molar refractivity (Wildman–Crippen MR) is 118 cm³/mol. The molecule has 1 aromatic heterocycles. The molecule has 0 unspecified atom stereocenters. The van der Waals surface area contributed by atoms with Gasteiger partial charge in [0.05, 0.1) is 5.02 Å². The van der Waals surface area contributed by atoms with E-state index in [-0.39, 0.29) is 28.2 Å². The number of phenolic OH excluding ortho intramolecular Hbond substituents is 1. The Balaban J connectivity index is 0.000000310. The zero-order chi connectivity index (χ0) is 21.7. The van der Waals surface area contributed by atoms with Gasteiger partial charge in [0.1, 0.15) is 28.2 Å². The van der Waals surface area contributed by atoms with Gasteiger partial charge in [-0.2, -0.15) is 0 Å². The Bertz CT molecular complexity index is 1070. The SMILES string of the molecule is CN1CCCCC1.O=c1cc(-c2ccccc2Cl)oc2cc(OP(O)O)cc(O)c12. The third-order valence-corrected chi connectivity index (χ3v) is 5.39. The summed E-state index contributed by atoms with van der Waals surface area (Å²) >= 11 is 6.09. The van der Waals surface area contributed by atoms with Gasteiger partial charge in [-0.05, 0) is 45.1 Å². The Morgan fingerprint density at radius 3 is 2.40 bits per heavy atom. The second kappa shape index (κ2) is 10.2. The summed E-state index contributed by atoms with van der Waals surface area (Å²) in [7, 11) is -0.467. The molecule has 9 heteroatoms. The molecule has 7 nitrogen and oxygen atoms in total. The Kier molecular flexibility index (Phi) is 7.69. The first kappa shape index (κ1) is 22.5. The van der Waals surface area contributed by atoms with Crippen LogP contribution in [0, 0.1) is 0 Å². The van der Waals surface area contributed by atoms with Gasteiger partial charge in [0.2, 0.25) is 0 Å². The summed E-state index contributed by atoms with van der Waals surface area (Å²) in [6.45, 7) is 2.64. The first-order valence-electron chi connectivity index (χ1n) is 9.45. The van der Waals surface area contributed by atoms with Gasteiger partial charge in [-0.25, -0.2) is 0 Å². The van der Waals surface area contributed by atoms with E-state index in [0.717, 1.165) is 6.07 Å². The number of hydrogen-bond donors (Lipinski definition) is 3. The Morgan fingerprint density at radius 2 is 1.80 bits per heavy atom. The van der Waals surface area contributed by atoms with E-state index in [1.165, 1.54) is 44.5 Å². The van der Waals surface area contributed by atoms with E-state index in [9.17, 15) is 9.90 Å². The Labute approximate surface area is 180 Å². The molecule has 0 spiro atoms. The minimum absolute atomic E-state index is 0.0339. The van der Waals surface area contributed by atoms with Crippen molar-refractivity contribution in [2.45, 2.75) is 19.3 Å². The molecule has 0 aliphatic carbocycles. The summed E-state index contributed by atoms with van der Waals surface area (Å²) in [5, 5.41) is 10.3. The number of fused-ring (bicyclic) bond motifs is 1. The lowest BCUT2D eigenvalue weighted by atomic mass is 10.1. The normalized spacial score (nSPS) is 14.4. The monoisotopic (exact) mass is 451 g/mol. The van der Waals surface area contributed by atoms with E-state index >= 15 is 0 Å². The lowest BCUT2D eigenvalue weighted by Crippen LogP contribution is -2.24. The van der Waals surface area contributed by atoms with E-state index in [1.807, 2.05) is 0 Å². The minimum Gasteiger partial charge on any atom is -0.507 e. The molecule has 0 amide bonds. The van der Waals surface area contributed by atoms with Crippen LogP contribution in [0.4, 0.5) is 0 Å². The van der Waals surface area contributed by atoms with Crippen molar-refractivity contribution in [1.29, 1.82) is 0 Å². The number of aromatic hydroxyl groups is 1. The number of hydrogen-bond acceptors (Lipinski definition) is 7. The molecular weight excluding hydrogens is 429 g/mol. The van der Waals surface area contributed by atoms with Crippen molar-refractivity contribution < 1.29 is 23.8 Å². The molecule has 1 fully saturated rings. The maximum absolute atomic E-state index is 12.2. The van der Waals surface area contributed by atoms with Gasteiger partial charge < -0.3 is 28.7 Å². The van der Waals surface area contributed by atoms with Crippen molar-refractivity contribution in [3.63, 3.8) is 0 Å². The minimum atomic E-state index is -2.66. The number of halogens is 1. The topological polar surface area (TPSA) is 103 Å². The average molecular weight is 452 g/mol. The van der Waals surface area contributed by atoms with Crippen molar-refractivity contribution in [2.75, 3.05) is 20.1 Å². The fourth-order valence-electron chi connectivity index (χ4n) is 3.24. The zero-order valence-electron chi connectivity index (χ0n) is 16.4. The van der Waals surface area contributed by atoms with Crippen LogP contribution in [0.3, 0.4) is 0 Å². The van der Waals surface area contributed by atoms with Crippen LogP contribution in [0.2, 0.25) is 5.02 Å². The van der Waals surface area contributed by atoms with Gasteiger partial charge in [-0.1, -0.05) is 30.2 Å². The highest BCUT2D eigenvalue weighted by Crippen LogP contribution is 2.36. The number of phenols is 1. The van der Waals surface area contributed by atoms with Gasteiger partial charge in [-0.15, -0.1) is 0 Å². The second-order valence-electron chi connectivity index (χ2n) is 6.98. The third-order valence-electron chi connectivity index (χ3n) is 4.69. The summed E-state index contributed by atoms with van der Waals surface area (Å²) < 4.78 is 10.4. The molecule has 0 saturated carbocycles. The van der Waals surface area contributed by atoms with Crippen LogP contribution in [-0.4, -0.2) is 39.9 Å². The summed E-state index contributed by atoms with van der Waals surface area (Å²) in [6, 6.07) is 10.5. The number of benzene rings is 2. The number of rotatable bonds is 3. The zero-order valence-corrected chi connectivity index (χ0v) is 18.1. The van der Waals surface area contributed by atoms with Gasteiger partial charge in [0, 0.05) is 23.8 Å². The van der Waals surface area contributed by atoms with Gasteiger partial charge in [0.15, 0.2) is 5.43 Å². The van der Waals surface area contributed by atoms with Crippen LogP contribution in [0.25, 0.3) is 22.3 Å². The maximum Gasteiger partial charge on any atom is 0.391 e. The summed E-state index contributed by atoms with van der Waals surface area (Å²) in [6.07, 6.45) is 4.28. The number of piperidine rings is 1.